The SMILES string of the molecule is CCN1C(=O)/C(=C/c2ccc(O)c(I)c2)SC1=Nc1cccc(C(=O)O)c1. The lowest BCUT2D eigenvalue weighted by Crippen LogP contribution is -2.28. The summed E-state index contributed by atoms with van der Waals surface area (Å²) in [5.74, 6) is -0.986. The van der Waals surface area contributed by atoms with Gasteiger partial charge in [-0.25, -0.2) is 9.79 Å². The molecule has 0 aliphatic carbocycles. The van der Waals surface area contributed by atoms with Crippen LogP contribution in [0.4, 0.5) is 5.69 Å². The first-order valence-electron chi connectivity index (χ1n) is 8.01. The van der Waals surface area contributed by atoms with Gasteiger partial charge in [-0.15, -0.1) is 0 Å². The van der Waals surface area contributed by atoms with E-state index < -0.39 is 5.97 Å². The number of carbonyl (C=O) groups excluding carboxylic acids is 1. The monoisotopic (exact) mass is 494 g/mol. The number of aromatic carboxylic acids is 1. The third-order valence-electron chi connectivity index (χ3n) is 3.79. The number of rotatable bonds is 4. The van der Waals surface area contributed by atoms with E-state index in [9.17, 15) is 14.7 Å². The number of likely N-dealkylation sites (N-methyl/N-ethyl adjacent to an activating group) is 1. The van der Waals surface area contributed by atoms with Gasteiger partial charge >= 0.3 is 5.97 Å². The fraction of sp³-hybridized carbons (Fsp3) is 0.105. The number of carboxylic acid groups (broad SMARTS) is 1. The highest BCUT2D eigenvalue weighted by Gasteiger charge is 2.32. The van der Waals surface area contributed by atoms with Crippen molar-refractivity contribution in [2.45, 2.75) is 6.92 Å². The molecule has 1 saturated heterocycles. The molecule has 0 radical (unpaired) electrons. The van der Waals surface area contributed by atoms with Crippen molar-refractivity contribution < 1.29 is 19.8 Å². The van der Waals surface area contributed by atoms with Crippen molar-refractivity contribution in [3.05, 3.63) is 62.1 Å². The summed E-state index contributed by atoms with van der Waals surface area (Å²) in [6, 6.07) is 11.4. The van der Waals surface area contributed by atoms with Gasteiger partial charge in [0.1, 0.15) is 5.75 Å². The van der Waals surface area contributed by atoms with Crippen LogP contribution in [0.25, 0.3) is 6.08 Å². The molecular weight excluding hydrogens is 479 g/mol. The van der Waals surface area contributed by atoms with Gasteiger partial charge in [0.2, 0.25) is 0 Å². The number of amidine groups is 1. The molecular formula is C19H15IN2O4S. The molecule has 0 unspecified atom stereocenters. The van der Waals surface area contributed by atoms with Crippen LogP contribution >= 0.6 is 34.4 Å². The zero-order valence-electron chi connectivity index (χ0n) is 14.2. The Hall–Kier alpha value is -2.33. The maximum Gasteiger partial charge on any atom is 0.335 e. The van der Waals surface area contributed by atoms with Crippen LogP contribution < -0.4 is 0 Å². The Morgan fingerprint density at radius 1 is 1.30 bits per heavy atom. The molecule has 1 heterocycles. The first-order chi connectivity index (χ1) is 12.9. The summed E-state index contributed by atoms with van der Waals surface area (Å²) < 4.78 is 0.698. The van der Waals surface area contributed by atoms with E-state index in [4.69, 9.17) is 5.11 Å². The third-order valence-corrected chi connectivity index (χ3v) is 5.66. The van der Waals surface area contributed by atoms with Gasteiger partial charge in [-0.3, -0.25) is 9.69 Å². The molecule has 138 valence electrons. The molecule has 0 atom stereocenters. The van der Waals surface area contributed by atoms with E-state index in [1.165, 1.54) is 23.9 Å². The number of thioether (sulfide) groups is 1. The lowest BCUT2D eigenvalue weighted by Gasteiger charge is -2.12. The molecule has 2 N–H and O–H groups in total. The van der Waals surface area contributed by atoms with E-state index >= 15 is 0 Å². The largest absolute Gasteiger partial charge is 0.507 e. The zero-order valence-corrected chi connectivity index (χ0v) is 17.2. The van der Waals surface area contributed by atoms with Gasteiger partial charge in [0.05, 0.1) is 19.7 Å². The number of hydrogen-bond acceptors (Lipinski definition) is 5. The van der Waals surface area contributed by atoms with E-state index in [1.54, 1.807) is 41.3 Å². The summed E-state index contributed by atoms with van der Waals surface area (Å²) in [7, 11) is 0. The number of aliphatic imine (C=N–C) groups is 1. The van der Waals surface area contributed by atoms with Gasteiger partial charge in [-0.05, 0) is 83.2 Å². The predicted molar refractivity (Wildman–Crippen MR) is 114 cm³/mol. The molecule has 1 aliphatic rings. The molecule has 1 amide bonds. The lowest BCUT2D eigenvalue weighted by molar-refractivity contribution is -0.122. The average Bonchev–Trinajstić information content (AvgIpc) is 2.93. The Balaban J connectivity index is 1.94. The first kappa shape index (κ1) is 19.4. The predicted octanol–water partition coefficient (Wildman–Crippen LogP) is 4.32. The van der Waals surface area contributed by atoms with Crippen LogP contribution in [-0.4, -0.2) is 38.7 Å². The van der Waals surface area contributed by atoms with Gasteiger partial charge in [0.15, 0.2) is 5.17 Å². The molecule has 2 aromatic rings. The van der Waals surface area contributed by atoms with Crippen LogP contribution in [-0.2, 0) is 4.79 Å². The van der Waals surface area contributed by atoms with E-state index in [0.29, 0.717) is 25.9 Å². The van der Waals surface area contributed by atoms with Crippen molar-refractivity contribution in [1.29, 1.82) is 0 Å². The number of phenolic OH excluding ortho intramolecular Hbond substituents is 1. The van der Waals surface area contributed by atoms with E-state index in [2.05, 4.69) is 4.99 Å². The maximum atomic E-state index is 12.7. The molecule has 27 heavy (non-hydrogen) atoms. The van der Waals surface area contributed by atoms with Crippen molar-refractivity contribution in [3.63, 3.8) is 0 Å². The minimum absolute atomic E-state index is 0.142. The fourth-order valence-corrected chi connectivity index (χ4v) is 4.06. The molecule has 8 heteroatoms. The highest BCUT2D eigenvalue weighted by molar-refractivity contribution is 14.1. The Kier molecular flexibility index (Phi) is 5.85. The molecule has 2 aromatic carbocycles. The third kappa shape index (κ3) is 4.33. The van der Waals surface area contributed by atoms with Crippen molar-refractivity contribution in [2.75, 3.05) is 6.54 Å². The van der Waals surface area contributed by atoms with Gasteiger partial charge in [-0.2, -0.15) is 0 Å². The van der Waals surface area contributed by atoms with Crippen LogP contribution in [0.15, 0.2) is 52.4 Å². The van der Waals surface area contributed by atoms with Crippen molar-refractivity contribution in [3.8, 4) is 5.75 Å². The minimum Gasteiger partial charge on any atom is -0.507 e. The summed E-state index contributed by atoms with van der Waals surface area (Å²) in [4.78, 5) is 30.3. The Labute approximate surface area is 173 Å². The molecule has 3 rings (SSSR count). The second kappa shape index (κ2) is 8.13. The summed E-state index contributed by atoms with van der Waals surface area (Å²) in [6.45, 7) is 2.31. The molecule has 0 aromatic heterocycles. The smallest absolute Gasteiger partial charge is 0.335 e. The molecule has 1 aliphatic heterocycles. The number of hydrogen-bond donors (Lipinski definition) is 2. The van der Waals surface area contributed by atoms with Crippen LogP contribution in [0.1, 0.15) is 22.8 Å². The number of amides is 1. The second-order valence-electron chi connectivity index (χ2n) is 5.62. The van der Waals surface area contributed by atoms with Crippen LogP contribution in [0, 0.1) is 3.57 Å². The van der Waals surface area contributed by atoms with Gasteiger partial charge < -0.3 is 10.2 Å². The Bertz CT molecular complexity index is 987. The zero-order chi connectivity index (χ0) is 19.6. The maximum absolute atomic E-state index is 12.7. The van der Waals surface area contributed by atoms with E-state index in [1.807, 2.05) is 29.5 Å². The van der Waals surface area contributed by atoms with Crippen LogP contribution in [0.2, 0.25) is 0 Å². The van der Waals surface area contributed by atoms with Gasteiger partial charge in [-0.1, -0.05) is 12.1 Å². The molecule has 0 bridgehead atoms. The molecule has 1 fully saturated rings. The molecule has 6 nitrogen and oxygen atoms in total. The van der Waals surface area contributed by atoms with Crippen molar-refractivity contribution in [1.82, 2.24) is 4.90 Å². The average molecular weight is 494 g/mol. The van der Waals surface area contributed by atoms with E-state index in [0.717, 1.165) is 5.56 Å². The number of halogens is 1. The Morgan fingerprint density at radius 2 is 2.07 bits per heavy atom. The number of carboxylic acids is 1. The van der Waals surface area contributed by atoms with Crippen molar-refractivity contribution in [2.24, 2.45) is 4.99 Å². The highest BCUT2D eigenvalue weighted by atomic mass is 127. The van der Waals surface area contributed by atoms with Gasteiger partial charge in [0, 0.05) is 6.54 Å². The number of aromatic hydroxyl groups is 1. The van der Waals surface area contributed by atoms with Gasteiger partial charge in [0.25, 0.3) is 5.91 Å². The number of nitrogens with zero attached hydrogens (tertiary/aromatic N) is 2. The highest BCUT2D eigenvalue weighted by Crippen LogP contribution is 2.34. The lowest BCUT2D eigenvalue weighted by atomic mass is 10.2. The van der Waals surface area contributed by atoms with Crippen molar-refractivity contribution >= 4 is 63.2 Å². The van der Waals surface area contributed by atoms with Crippen LogP contribution in [0.5, 0.6) is 5.75 Å². The summed E-state index contributed by atoms with van der Waals surface area (Å²) >= 11 is 3.27. The summed E-state index contributed by atoms with van der Waals surface area (Å²) in [6.07, 6.45) is 1.76. The Morgan fingerprint density at radius 3 is 2.74 bits per heavy atom. The normalized spacial score (nSPS) is 17.1. The number of phenols is 1. The number of benzene rings is 2. The minimum atomic E-state index is -1.03. The standard InChI is InChI=1S/C19H15IN2O4S/c1-2-22-17(24)16(9-11-6-7-15(23)14(20)8-11)27-19(22)21-13-5-3-4-12(10-13)18(25)26/h3-10,23H,2H2,1H3,(H,25,26)/b16-9-,21-19?. The number of carbonyl (C=O) groups is 2. The molecule has 0 saturated carbocycles. The van der Waals surface area contributed by atoms with Crippen LogP contribution in [0.3, 0.4) is 0 Å². The second-order valence-corrected chi connectivity index (χ2v) is 7.79. The molecule has 0 spiro atoms. The fourth-order valence-electron chi connectivity index (χ4n) is 2.45. The summed E-state index contributed by atoms with van der Waals surface area (Å²) in [5, 5.41) is 19.3. The first-order valence-corrected chi connectivity index (χ1v) is 9.90. The topological polar surface area (TPSA) is 90.2 Å². The van der Waals surface area contributed by atoms with E-state index in [-0.39, 0.29) is 17.2 Å². The quantitative estimate of drug-likeness (QED) is 0.488. The summed E-state index contributed by atoms with van der Waals surface area (Å²) in [5.41, 5.74) is 1.42.